The molecule has 5 nitrogen and oxygen atoms in total. The molecule has 1 aliphatic heterocycles. The molecule has 0 atom stereocenters. The van der Waals surface area contributed by atoms with Gasteiger partial charge in [-0.2, -0.15) is 5.10 Å². The van der Waals surface area contributed by atoms with Gasteiger partial charge in [0.15, 0.2) is 0 Å². The molecule has 1 aromatic heterocycles. The number of hydrogen-bond acceptors (Lipinski definition) is 2. The van der Waals surface area contributed by atoms with Gasteiger partial charge in [0.1, 0.15) is 5.82 Å². The van der Waals surface area contributed by atoms with E-state index < -0.39 is 0 Å². The highest BCUT2D eigenvalue weighted by atomic mass is 16.2. The van der Waals surface area contributed by atoms with Gasteiger partial charge in [0.2, 0.25) is 0 Å². The van der Waals surface area contributed by atoms with Crippen molar-refractivity contribution in [1.82, 2.24) is 15.1 Å². The van der Waals surface area contributed by atoms with E-state index in [0.29, 0.717) is 5.92 Å². The molecule has 0 bridgehead atoms. The number of urea groups is 1. The van der Waals surface area contributed by atoms with Gasteiger partial charge in [0.05, 0.1) is 5.69 Å². The number of hydrogen-bond donors (Lipinski definition) is 1. The summed E-state index contributed by atoms with van der Waals surface area (Å²) < 4.78 is 1.92. The van der Waals surface area contributed by atoms with Gasteiger partial charge in [-0.15, -0.1) is 0 Å². The van der Waals surface area contributed by atoms with Gasteiger partial charge in [-0.25, -0.2) is 9.48 Å². The summed E-state index contributed by atoms with van der Waals surface area (Å²) in [6.07, 6.45) is 1.98. The largest absolute Gasteiger partial charge is 0.338 e. The molecule has 0 spiro atoms. The van der Waals surface area contributed by atoms with Crippen molar-refractivity contribution < 1.29 is 4.79 Å². The number of nitrogens with one attached hydrogen (secondary N) is 1. The van der Waals surface area contributed by atoms with Crippen molar-refractivity contribution in [3.63, 3.8) is 0 Å². The first-order valence-corrected chi connectivity index (χ1v) is 6.67. The van der Waals surface area contributed by atoms with Crippen LogP contribution in [-0.4, -0.2) is 28.9 Å². The number of carbonyl (C=O) groups excluding carboxylic acids is 1. The van der Waals surface area contributed by atoms with Crippen LogP contribution < -0.4 is 10.2 Å². The number of aromatic nitrogens is 2. The van der Waals surface area contributed by atoms with Gasteiger partial charge in [-0.05, 0) is 25.7 Å². The average molecular weight is 250 g/mol. The first-order valence-electron chi connectivity index (χ1n) is 6.67. The van der Waals surface area contributed by atoms with E-state index in [4.69, 9.17) is 0 Å². The van der Waals surface area contributed by atoms with Gasteiger partial charge in [-0.3, -0.25) is 4.90 Å². The second-order valence-corrected chi connectivity index (χ2v) is 5.29. The van der Waals surface area contributed by atoms with E-state index in [1.54, 1.807) is 4.90 Å². The Morgan fingerprint density at radius 1 is 1.50 bits per heavy atom. The zero-order valence-corrected chi connectivity index (χ0v) is 11.4. The number of fused-ring (bicyclic) bond motifs is 1. The molecule has 1 aromatic rings. The van der Waals surface area contributed by atoms with Crippen LogP contribution in [0.15, 0.2) is 6.07 Å². The first kappa shape index (κ1) is 12.9. The first-order chi connectivity index (χ1) is 8.58. The van der Waals surface area contributed by atoms with Crippen LogP contribution in [0, 0.1) is 12.8 Å². The Balaban J connectivity index is 1.99. The van der Waals surface area contributed by atoms with Crippen LogP contribution in [0.5, 0.6) is 0 Å². The molecule has 0 saturated heterocycles. The molecule has 2 amide bonds. The van der Waals surface area contributed by atoms with Crippen LogP contribution in [0.3, 0.4) is 0 Å². The predicted octanol–water partition coefficient (Wildman–Crippen LogP) is 2.16. The summed E-state index contributed by atoms with van der Waals surface area (Å²) in [7, 11) is 0. The molecule has 18 heavy (non-hydrogen) atoms. The summed E-state index contributed by atoms with van der Waals surface area (Å²) in [5.74, 6) is 1.53. The Labute approximate surface area is 108 Å². The molecule has 0 saturated carbocycles. The van der Waals surface area contributed by atoms with E-state index >= 15 is 0 Å². The van der Waals surface area contributed by atoms with Crippen molar-refractivity contribution in [2.45, 2.75) is 40.2 Å². The Morgan fingerprint density at radius 2 is 2.28 bits per heavy atom. The van der Waals surface area contributed by atoms with E-state index in [1.807, 2.05) is 17.7 Å². The SMILES string of the molecule is Cc1cc2n(n1)CCCN2C(=O)NCCC(C)C. The second kappa shape index (κ2) is 5.42. The number of rotatable bonds is 3. The summed E-state index contributed by atoms with van der Waals surface area (Å²) in [5.41, 5.74) is 0.965. The molecule has 1 N–H and O–H groups in total. The Kier molecular flexibility index (Phi) is 3.89. The quantitative estimate of drug-likeness (QED) is 0.893. The molecule has 0 radical (unpaired) electrons. The van der Waals surface area contributed by atoms with E-state index in [1.165, 1.54) is 0 Å². The minimum Gasteiger partial charge on any atom is -0.338 e. The lowest BCUT2D eigenvalue weighted by atomic mass is 10.1. The van der Waals surface area contributed by atoms with E-state index in [9.17, 15) is 4.79 Å². The lowest BCUT2D eigenvalue weighted by Gasteiger charge is -2.27. The van der Waals surface area contributed by atoms with Crippen LogP contribution in [-0.2, 0) is 6.54 Å². The normalized spacial score (nSPS) is 14.8. The van der Waals surface area contributed by atoms with E-state index in [-0.39, 0.29) is 6.03 Å². The van der Waals surface area contributed by atoms with Gasteiger partial charge in [-0.1, -0.05) is 13.8 Å². The van der Waals surface area contributed by atoms with Gasteiger partial charge in [0, 0.05) is 25.7 Å². The highest BCUT2D eigenvalue weighted by Gasteiger charge is 2.23. The van der Waals surface area contributed by atoms with Crippen LogP contribution in [0.25, 0.3) is 0 Å². The van der Waals surface area contributed by atoms with E-state index in [0.717, 1.165) is 44.0 Å². The summed E-state index contributed by atoms with van der Waals surface area (Å²) in [6.45, 7) is 8.69. The van der Waals surface area contributed by atoms with Crippen molar-refractivity contribution in [2.75, 3.05) is 18.0 Å². The van der Waals surface area contributed by atoms with E-state index in [2.05, 4.69) is 24.3 Å². The summed E-state index contributed by atoms with van der Waals surface area (Å²) in [4.78, 5) is 13.9. The van der Waals surface area contributed by atoms with Crippen molar-refractivity contribution >= 4 is 11.8 Å². The standard InChI is InChI=1S/C13H22N4O/c1-10(2)5-6-14-13(18)16-7-4-8-17-12(16)9-11(3)15-17/h9-10H,4-8H2,1-3H3,(H,14,18). The maximum absolute atomic E-state index is 12.1. The zero-order valence-electron chi connectivity index (χ0n) is 11.4. The summed E-state index contributed by atoms with van der Waals surface area (Å²) >= 11 is 0. The van der Waals surface area contributed by atoms with Crippen LogP contribution in [0.4, 0.5) is 10.6 Å². The molecule has 0 aliphatic carbocycles. The average Bonchev–Trinajstić information content (AvgIpc) is 2.67. The fraction of sp³-hybridized carbons (Fsp3) is 0.692. The topological polar surface area (TPSA) is 50.2 Å². The smallest absolute Gasteiger partial charge is 0.323 e. The summed E-state index contributed by atoms with van der Waals surface area (Å²) in [6, 6.07) is 1.97. The molecule has 0 aromatic carbocycles. The fourth-order valence-electron chi connectivity index (χ4n) is 2.18. The third-order valence-electron chi connectivity index (χ3n) is 3.15. The highest BCUT2D eigenvalue weighted by Crippen LogP contribution is 2.21. The molecular weight excluding hydrogens is 228 g/mol. The molecule has 100 valence electrons. The van der Waals surface area contributed by atoms with Crippen molar-refractivity contribution in [1.29, 1.82) is 0 Å². The monoisotopic (exact) mass is 250 g/mol. The maximum Gasteiger partial charge on any atom is 0.323 e. The zero-order chi connectivity index (χ0) is 13.1. The fourth-order valence-corrected chi connectivity index (χ4v) is 2.18. The molecule has 0 unspecified atom stereocenters. The third kappa shape index (κ3) is 2.83. The second-order valence-electron chi connectivity index (χ2n) is 5.29. The lowest BCUT2D eigenvalue weighted by Crippen LogP contribution is -2.44. The number of carbonyl (C=O) groups is 1. The van der Waals surface area contributed by atoms with Gasteiger partial charge >= 0.3 is 6.03 Å². The van der Waals surface area contributed by atoms with Crippen molar-refractivity contribution in [3.8, 4) is 0 Å². The van der Waals surface area contributed by atoms with Crippen molar-refractivity contribution in [2.24, 2.45) is 5.92 Å². The highest BCUT2D eigenvalue weighted by molar-refractivity contribution is 5.91. The maximum atomic E-state index is 12.1. The van der Waals surface area contributed by atoms with Crippen LogP contribution in [0.2, 0.25) is 0 Å². The molecule has 1 aliphatic rings. The van der Waals surface area contributed by atoms with Crippen LogP contribution >= 0.6 is 0 Å². The Bertz CT molecular complexity index is 425. The molecule has 0 fully saturated rings. The number of amides is 2. The summed E-state index contributed by atoms with van der Waals surface area (Å²) in [5, 5.41) is 7.37. The minimum absolute atomic E-state index is 0.00324. The number of aryl methyl sites for hydroxylation is 2. The molecule has 5 heteroatoms. The minimum atomic E-state index is -0.00324. The Hall–Kier alpha value is -1.52. The molecular formula is C13H22N4O. The van der Waals surface area contributed by atoms with Crippen molar-refractivity contribution in [3.05, 3.63) is 11.8 Å². The predicted molar refractivity (Wildman–Crippen MR) is 71.8 cm³/mol. The number of anilines is 1. The van der Waals surface area contributed by atoms with Gasteiger partial charge in [0.25, 0.3) is 0 Å². The molecule has 2 rings (SSSR count). The van der Waals surface area contributed by atoms with Gasteiger partial charge < -0.3 is 5.32 Å². The van der Waals surface area contributed by atoms with Crippen LogP contribution in [0.1, 0.15) is 32.4 Å². The Morgan fingerprint density at radius 3 is 3.00 bits per heavy atom. The third-order valence-corrected chi connectivity index (χ3v) is 3.15. The lowest BCUT2D eigenvalue weighted by molar-refractivity contribution is 0.244. The molecule has 2 heterocycles. The number of nitrogens with zero attached hydrogens (tertiary/aromatic N) is 3.